The lowest BCUT2D eigenvalue weighted by molar-refractivity contribution is -0.150. The molecule has 0 saturated carbocycles. The summed E-state index contributed by atoms with van der Waals surface area (Å²) in [7, 11) is 0. The average molecular weight is 190 g/mol. The zero-order valence-electron chi connectivity index (χ0n) is 8.27. The van der Waals surface area contributed by atoms with Crippen molar-refractivity contribution in [3.8, 4) is 0 Å². The number of cyclic esters (lactones) is 1. The molecule has 2 heteroatoms. The van der Waals surface area contributed by atoms with E-state index in [0.29, 0.717) is 24.9 Å². The fourth-order valence-electron chi connectivity index (χ4n) is 1.93. The van der Waals surface area contributed by atoms with Crippen molar-refractivity contribution in [1.82, 2.24) is 0 Å². The van der Waals surface area contributed by atoms with Crippen LogP contribution in [0.25, 0.3) is 0 Å². The molecule has 14 heavy (non-hydrogen) atoms. The first kappa shape index (κ1) is 9.25. The molecule has 2 rings (SSSR count). The summed E-state index contributed by atoms with van der Waals surface area (Å²) in [6.45, 7) is 2.68. The second-order valence-corrected chi connectivity index (χ2v) is 3.88. The fourth-order valence-corrected chi connectivity index (χ4v) is 1.93. The van der Waals surface area contributed by atoms with E-state index < -0.39 is 0 Å². The van der Waals surface area contributed by atoms with Crippen LogP contribution in [0.1, 0.15) is 24.8 Å². The lowest BCUT2D eigenvalue weighted by atomic mass is 9.84. The number of hydrogen-bond donors (Lipinski definition) is 0. The number of ether oxygens (including phenoxy) is 1. The third kappa shape index (κ3) is 1.79. The Kier molecular flexibility index (Phi) is 2.53. The summed E-state index contributed by atoms with van der Waals surface area (Å²) in [5.41, 5.74) is 1.25. The van der Waals surface area contributed by atoms with Crippen molar-refractivity contribution in [3.05, 3.63) is 35.9 Å². The highest BCUT2D eigenvalue weighted by molar-refractivity contribution is 5.71. The molecule has 1 saturated heterocycles. The van der Waals surface area contributed by atoms with Crippen LogP contribution in [0.3, 0.4) is 0 Å². The monoisotopic (exact) mass is 190 g/mol. The van der Waals surface area contributed by atoms with Gasteiger partial charge < -0.3 is 4.74 Å². The summed E-state index contributed by atoms with van der Waals surface area (Å²) < 4.78 is 5.00. The topological polar surface area (TPSA) is 26.3 Å². The largest absolute Gasteiger partial charge is 0.465 e. The molecule has 0 aliphatic carbocycles. The van der Waals surface area contributed by atoms with Crippen LogP contribution in [0.5, 0.6) is 0 Å². The van der Waals surface area contributed by atoms with E-state index in [1.807, 2.05) is 18.2 Å². The number of hydrogen-bond acceptors (Lipinski definition) is 2. The molecule has 1 heterocycles. The fraction of sp³-hybridized carbons (Fsp3) is 0.417. The molecular formula is C12H14O2. The van der Waals surface area contributed by atoms with Crippen molar-refractivity contribution in [2.75, 3.05) is 6.61 Å². The van der Waals surface area contributed by atoms with E-state index in [4.69, 9.17) is 4.74 Å². The number of benzene rings is 1. The van der Waals surface area contributed by atoms with Gasteiger partial charge in [0.25, 0.3) is 0 Å². The Bertz CT molecular complexity index is 318. The Morgan fingerprint density at radius 3 is 2.71 bits per heavy atom. The summed E-state index contributed by atoms with van der Waals surface area (Å²) in [4.78, 5) is 11.2. The van der Waals surface area contributed by atoms with E-state index in [2.05, 4.69) is 19.1 Å². The van der Waals surface area contributed by atoms with Crippen molar-refractivity contribution in [2.24, 2.45) is 5.92 Å². The molecule has 2 nitrogen and oxygen atoms in total. The van der Waals surface area contributed by atoms with E-state index in [-0.39, 0.29) is 5.97 Å². The Balaban J connectivity index is 2.20. The first-order chi connectivity index (χ1) is 6.77. The molecule has 74 valence electrons. The third-order valence-electron chi connectivity index (χ3n) is 2.81. The molecule has 0 unspecified atom stereocenters. The maximum Gasteiger partial charge on any atom is 0.306 e. The van der Waals surface area contributed by atoms with Gasteiger partial charge in [0.15, 0.2) is 0 Å². The molecular weight excluding hydrogens is 176 g/mol. The van der Waals surface area contributed by atoms with Crippen molar-refractivity contribution in [1.29, 1.82) is 0 Å². The van der Waals surface area contributed by atoms with Gasteiger partial charge in [-0.15, -0.1) is 0 Å². The summed E-state index contributed by atoms with van der Waals surface area (Å²) in [5, 5.41) is 0. The van der Waals surface area contributed by atoms with E-state index >= 15 is 0 Å². The Morgan fingerprint density at radius 1 is 1.29 bits per heavy atom. The first-order valence-corrected chi connectivity index (χ1v) is 4.98. The normalized spacial score (nSPS) is 27.1. The van der Waals surface area contributed by atoms with Crippen LogP contribution in [0.15, 0.2) is 30.3 Å². The van der Waals surface area contributed by atoms with Crippen LogP contribution in [-0.4, -0.2) is 12.6 Å². The molecule has 0 spiro atoms. The molecule has 1 fully saturated rings. The summed E-state index contributed by atoms with van der Waals surface area (Å²) in [6, 6.07) is 10.2. The Hall–Kier alpha value is -1.31. The second-order valence-electron chi connectivity index (χ2n) is 3.88. The lowest BCUT2D eigenvalue weighted by Crippen LogP contribution is -2.27. The zero-order chi connectivity index (χ0) is 9.97. The Labute approximate surface area is 83.9 Å². The molecule has 0 aromatic heterocycles. The van der Waals surface area contributed by atoms with Crippen molar-refractivity contribution in [3.63, 3.8) is 0 Å². The number of carbonyl (C=O) groups excluding carboxylic acids is 1. The van der Waals surface area contributed by atoms with Crippen molar-refractivity contribution < 1.29 is 9.53 Å². The number of rotatable bonds is 1. The predicted molar refractivity (Wildman–Crippen MR) is 53.9 cm³/mol. The van der Waals surface area contributed by atoms with Gasteiger partial charge in [-0.25, -0.2) is 0 Å². The van der Waals surface area contributed by atoms with Crippen LogP contribution < -0.4 is 0 Å². The smallest absolute Gasteiger partial charge is 0.306 e. The van der Waals surface area contributed by atoms with E-state index in [1.165, 1.54) is 5.56 Å². The van der Waals surface area contributed by atoms with Gasteiger partial charge in [-0.1, -0.05) is 37.3 Å². The van der Waals surface area contributed by atoms with Crippen molar-refractivity contribution >= 4 is 5.97 Å². The lowest BCUT2D eigenvalue weighted by Gasteiger charge is -2.28. The third-order valence-corrected chi connectivity index (χ3v) is 2.81. The average Bonchev–Trinajstić information content (AvgIpc) is 2.23. The molecule has 1 aromatic carbocycles. The van der Waals surface area contributed by atoms with Gasteiger partial charge in [0.2, 0.25) is 0 Å². The SMILES string of the molecule is C[C@H]1COC(=O)C[C@H]1c1ccccc1. The van der Waals surface area contributed by atoms with E-state index in [0.717, 1.165) is 0 Å². The predicted octanol–water partition coefficient (Wildman–Crippen LogP) is 2.35. The minimum Gasteiger partial charge on any atom is -0.465 e. The summed E-state index contributed by atoms with van der Waals surface area (Å²) in [6.07, 6.45) is 0.519. The molecule has 0 amide bonds. The highest BCUT2D eigenvalue weighted by atomic mass is 16.5. The Morgan fingerprint density at radius 2 is 2.00 bits per heavy atom. The molecule has 1 aliphatic heterocycles. The van der Waals surface area contributed by atoms with Crippen LogP contribution >= 0.6 is 0 Å². The molecule has 0 bridgehead atoms. The van der Waals surface area contributed by atoms with Crippen LogP contribution in [0.4, 0.5) is 0 Å². The highest BCUT2D eigenvalue weighted by Gasteiger charge is 2.28. The molecule has 1 aliphatic rings. The van der Waals surface area contributed by atoms with Crippen LogP contribution in [-0.2, 0) is 9.53 Å². The van der Waals surface area contributed by atoms with Gasteiger partial charge in [-0.3, -0.25) is 4.79 Å². The minimum atomic E-state index is -0.0723. The molecule has 2 atom stereocenters. The number of carbonyl (C=O) groups is 1. The second kappa shape index (κ2) is 3.82. The molecule has 0 radical (unpaired) electrons. The van der Waals surface area contributed by atoms with E-state index in [1.54, 1.807) is 0 Å². The molecule has 0 N–H and O–H groups in total. The summed E-state index contributed by atoms with van der Waals surface area (Å²) >= 11 is 0. The maximum atomic E-state index is 11.2. The van der Waals surface area contributed by atoms with Crippen LogP contribution in [0, 0.1) is 5.92 Å². The number of esters is 1. The zero-order valence-corrected chi connectivity index (χ0v) is 8.27. The molecule has 1 aromatic rings. The standard InChI is InChI=1S/C12H14O2/c1-9-8-14-12(13)7-11(9)10-5-3-2-4-6-10/h2-6,9,11H,7-8H2,1H3/t9-,11+/m0/s1. The highest BCUT2D eigenvalue weighted by Crippen LogP contribution is 2.31. The summed E-state index contributed by atoms with van der Waals surface area (Å²) in [5.74, 6) is 0.685. The minimum absolute atomic E-state index is 0.0723. The van der Waals surface area contributed by atoms with Gasteiger partial charge in [0.05, 0.1) is 13.0 Å². The van der Waals surface area contributed by atoms with Gasteiger partial charge >= 0.3 is 5.97 Å². The van der Waals surface area contributed by atoms with E-state index in [9.17, 15) is 4.79 Å². The van der Waals surface area contributed by atoms with Crippen LogP contribution in [0.2, 0.25) is 0 Å². The maximum absolute atomic E-state index is 11.2. The quantitative estimate of drug-likeness (QED) is 0.635. The van der Waals surface area contributed by atoms with Gasteiger partial charge in [0, 0.05) is 5.92 Å². The van der Waals surface area contributed by atoms with Gasteiger partial charge in [-0.2, -0.15) is 0 Å². The van der Waals surface area contributed by atoms with Crippen molar-refractivity contribution in [2.45, 2.75) is 19.3 Å². The first-order valence-electron chi connectivity index (χ1n) is 4.98. The van der Waals surface area contributed by atoms with Gasteiger partial charge in [-0.05, 0) is 11.5 Å². The van der Waals surface area contributed by atoms with Gasteiger partial charge in [0.1, 0.15) is 0 Å².